The van der Waals surface area contributed by atoms with E-state index >= 15 is 0 Å². The molecule has 0 aromatic heterocycles. The fraction of sp³-hybridized carbons (Fsp3) is 0.650. The molecule has 0 radical (unpaired) electrons. The van der Waals surface area contributed by atoms with Gasteiger partial charge in [-0.3, -0.25) is 4.79 Å². The van der Waals surface area contributed by atoms with Crippen molar-refractivity contribution in [1.29, 1.82) is 0 Å². The van der Waals surface area contributed by atoms with Gasteiger partial charge in [0.1, 0.15) is 0 Å². The third kappa shape index (κ3) is 5.48. The fourth-order valence-electron chi connectivity index (χ4n) is 3.80. The van der Waals surface area contributed by atoms with Crippen molar-refractivity contribution in [2.45, 2.75) is 19.4 Å². The van der Waals surface area contributed by atoms with Crippen molar-refractivity contribution in [2.24, 2.45) is 5.92 Å². The van der Waals surface area contributed by atoms with E-state index in [2.05, 4.69) is 46.4 Å². The number of likely N-dealkylation sites (N-methyl/N-ethyl adjacent to an activating group) is 1. The second-order valence-electron chi connectivity index (χ2n) is 8.14. The van der Waals surface area contributed by atoms with Crippen LogP contribution in [-0.4, -0.2) is 88.2 Å². The SMILES string of the molecule is CN1CCN(c2ccc(CNC(=O)C3CCN(S(=O)(=O)N(C)C)CC3)cc2)CC1. The van der Waals surface area contributed by atoms with E-state index in [1.165, 1.54) is 28.4 Å². The molecule has 0 spiro atoms. The molecule has 0 atom stereocenters. The van der Waals surface area contributed by atoms with Gasteiger partial charge in [0.15, 0.2) is 0 Å². The highest BCUT2D eigenvalue weighted by molar-refractivity contribution is 7.86. The lowest BCUT2D eigenvalue weighted by Crippen LogP contribution is -2.46. The van der Waals surface area contributed by atoms with Crippen LogP contribution >= 0.6 is 0 Å². The lowest BCUT2D eigenvalue weighted by Gasteiger charge is -2.34. The van der Waals surface area contributed by atoms with Gasteiger partial charge in [0.2, 0.25) is 5.91 Å². The van der Waals surface area contributed by atoms with Gasteiger partial charge in [-0.15, -0.1) is 0 Å². The van der Waals surface area contributed by atoms with Gasteiger partial charge in [-0.05, 0) is 37.6 Å². The molecule has 8 nitrogen and oxygen atoms in total. The number of anilines is 1. The Bertz CT molecular complexity index is 781. The van der Waals surface area contributed by atoms with Gasteiger partial charge in [-0.1, -0.05) is 12.1 Å². The minimum absolute atomic E-state index is 0.00930. The maximum absolute atomic E-state index is 12.5. The van der Waals surface area contributed by atoms with E-state index in [0.717, 1.165) is 31.7 Å². The number of carbonyl (C=O) groups is 1. The Labute approximate surface area is 174 Å². The summed E-state index contributed by atoms with van der Waals surface area (Å²) in [5.74, 6) is -0.122. The molecule has 1 N–H and O–H groups in total. The molecule has 1 aromatic rings. The first-order valence-electron chi connectivity index (χ1n) is 10.2. The zero-order valence-electron chi connectivity index (χ0n) is 17.7. The van der Waals surface area contributed by atoms with Gasteiger partial charge in [-0.25, -0.2) is 0 Å². The monoisotopic (exact) mass is 423 g/mol. The number of carbonyl (C=O) groups excluding carboxylic acids is 1. The Morgan fingerprint density at radius 2 is 1.62 bits per heavy atom. The molecule has 162 valence electrons. The van der Waals surface area contributed by atoms with Crippen molar-refractivity contribution in [3.63, 3.8) is 0 Å². The van der Waals surface area contributed by atoms with E-state index in [1.807, 2.05) is 0 Å². The molecule has 3 rings (SSSR count). The fourth-order valence-corrected chi connectivity index (χ4v) is 4.94. The van der Waals surface area contributed by atoms with Crippen molar-refractivity contribution in [3.8, 4) is 0 Å². The number of nitrogens with one attached hydrogen (secondary N) is 1. The molecule has 2 fully saturated rings. The average Bonchev–Trinajstić information content (AvgIpc) is 2.73. The summed E-state index contributed by atoms with van der Waals surface area (Å²) in [6.45, 7) is 5.50. The van der Waals surface area contributed by atoms with Gasteiger partial charge in [0.05, 0.1) is 0 Å². The summed E-state index contributed by atoms with van der Waals surface area (Å²) < 4.78 is 27.0. The van der Waals surface area contributed by atoms with E-state index in [4.69, 9.17) is 0 Å². The number of nitrogens with zero attached hydrogens (tertiary/aromatic N) is 4. The molecule has 1 aromatic carbocycles. The number of benzene rings is 1. The number of piperazine rings is 1. The largest absolute Gasteiger partial charge is 0.369 e. The van der Waals surface area contributed by atoms with Crippen molar-refractivity contribution in [2.75, 3.05) is 65.3 Å². The average molecular weight is 424 g/mol. The first kappa shape index (κ1) is 22.0. The molecule has 0 aliphatic carbocycles. The van der Waals surface area contributed by atoms with Crippen molar-refractivity contribution in [1.82, 2.24) is 18.8 Å². The highest BCUT2D eigenvalue weighted by Crippen LogP contribution is 2.21. The first-order chi connectivity index (χ1) is 13.8. The smallest absolute Gasteiger partial charge is 0.281 e. The quantitative estimate of drug-likeness (QED) is 0.724. The maximum Gasteiger partial charge on any atom is 0.281 e. The topological polar surface area (TPSA) is 76.2 Å². The zero-order valence-corrected chi connectivity index (χ0v) is 18.5. The standard InChI is InChI=1S/C20H33N5O3S/c1-22(2)29(27,28)25-10-8-18(9-11-25)20(26)21-16-17-4-6-19(7-5-17)24-14-12-23(3)13-15-24/h4-7,18H,8-16H2,1-3H3,(H,21,26). The molecular weight excluding hydrogens is 390 g/mol. The first-order valence-corrected chi connectivity index (χ1v) is 11.6. The van der Waals surface area contributed by atoms with Gasteiger partial charge in [0.25, 0.3) is 10.2 Å². The number of rotatable bonds is 6. The molecule has 29 heavy (non-hydrogen) atoms. The van der Waals surface area contributed by atoms with Crippen LogP contribution in [0.5, 0.6) is 0 Å². The summed E-state index contributed by atoms with van der Waals surface area (Å²) in [6, 6.07) is 8.38. The molecule has 2 saturated heterocycles. The third-order valence-electron chi connectivity index (χ3n) is 5.88. The lowest BCUT2D eigenvalue weighted by molar-refractivity contribution is -0.126. The lowest BCUT2D eigenvalue weighted by atomic mass is 9.97. The van der Waals surface area contributed by atoms with E-state index in [-0.39, 0.29) is 11.8 Å². The molecular formula is C20H33N5O3S. The van der Waals surface area contributed by atoms with E-state index < -0.39 is 10.2 Å². The Balaban J connectivity index is 1.45. The second-order valence-corrected chi connectivity index (χ2v) is 10.3. The van der Waals surface area contributed by atoms with Crippen LogP contribution in [0.4, 0.5) is 5.69 Å². The summed E-state index contributed by atoms with van der Waals surface area (Å²) in [7, 11) is 1.82. The van der Waals surface area contributed by atoms with Crippen LogP contribution in [0.25, 0.3) is 0 Å². The normalized spacial score (nSPS) is 20.2. The molecule has 2 aliphatic heterocycles. The summed E-state index contributed by atoms with van der Waals surface area (Å²) in [5, 5.41) is 3.01. The van der Waals surface area contributed by atoms with Crippen LogP contribution in [0.3, 0.4) is 0 Å². The number of hydrogen-bond donors (Lipinski definition) is 1. The molecule has 1 amide bonds. The summed E-state index contributed by atoms with van der Waals surface area (Å²) in [4.78, 5) is 17.2. The second kappa shape index (κ2) is 9.42. The highest BCUT2D eigenvalue weighted by atomic mass is 32.2. The molecule has 0 unspecified atom stereocenters. The predicted molar refractivity (Wildman–Crippen MR) is 115 cm³/mol. The van der Waals surface area contributed by atoms with Gasteiger partial charge < -0.3 is 15.1 Å². The minimum atomic E-state index is -3.39. The zero-order chi connectivity index (χ0) is 21.0. The van der Waals surface area contributed by atoms with Crippen molar-refractivity contribution < 1.29 is 13.2 Å². The summed E-state index contributed by atoms with van der Waals surface area (Å²) in [6.07, 6.45) is 1.11. The van der Waals surface area contributed by atoms with Gasteiger partial charge in [0, 0.05) is 71.5 Å². The molecule has 2 aliphatic rings. The van der Waals surface area contributed by atoms with Crippen LogP contribution in [-0.2, 0) is 21.5 Å². The predicted octanol–water partition coefficient (Wildman–Crippen LogP) is 0.573. The van der Waals surface area contributed by atoms with Crippen LogP contribution in [0.2, 0.25) is 0 Å². The Morgan fingerprint density at radius 1 is 1.03 bits per heavy atom. The van der Waals surface area contributed by atoms with Crippen LogP contribution in [0, 0.1) is 5.92 Å². The number of amides is 1. The van der Waals surface area contributed by atoms with Crippen LogP contribution < -0.4 is 10.2 Å². The Morgan fingerprint density at radius 3 is 2.17 bits per heavy atom. The number of piperidine rings is 1. The van der Waals surface area contributed by atoms with E-state index in [9.17, 15) is 13.2 Å². The van der Waals surface area contributed by atoms with E-state index in [1.54, 1.807) is 0 Å². The third-order valence-corrected chi connectivity index (χ3v) is 7.82. The van der Waals surface area contributed by atoms with Gasteiger partial charge in [-0.2, -0.15) is 17.0 Å². The maximum atomic E-state index is 12.5. The van der Waals surface area contributed by atoms with Crippen molar-refractivity contribution in [3.05, 3.63) is 29.8 Å². The summed E-state index contributed by atoms with van der Waals surface area (Å²) >= 11 is 0. The van der Waals surface area contributed by atoms with Crippen molar-refractivity contribution >= 4 is 21.8 Å². The molecule has 9 heteroatoms. The molecule has 0 saturated carbocycles. The summed E-state index contributed by atoms with van der Waals surface area (Å²) in [5.41, 5.74) is 2.30. The highest BCUT2D eigenvalue weighted by Gasteiger charge is 2.32. The Hall–Kier alpha value is -1.68. The number of hydrogen-bond acceptors (Lipinski definition) is 5. The minimum Gasteiger partial charge on any atom is -0.369 e. The van der Waals surface area contributed by atoms with Crippen LogP contribution in [0.1, 0.15) is 18.4 Å². The Kier molecular flexibility index (Phi) is 7.15. The van der Waals surface area contributed by atoms with Gasteiger partial charge >= 0.3 is 0 Å². The van der Waals surface area contributed by atoms with E-state index in [0.29, 0.717) is 32.5 Å². The van der Waals surface area contributed by atoms with Crippen LogP contribution in [0.15, 0.2) is 24.3 Å². The molecule has 0 bridgehead atoms. The molecule has 2 heterocycles.